The lowest BCUT2D eigenvalue weighted by Gasteiger charge is -2.25. The van der Waals surface area contributed by atoms with E-state index in [4.69, 9.17) is 10.5 Å². The Labute approximate surface area is 179 Å². The third-order valence-corrected chi connectivity index (χ3v) is 5.73. The van der Waals surface area contributed by atoms with Gasteiger partial charge in [-0.05, 0) is 62.0 Å². The van der Waals surface area contributed by atoms with E-state index < -0.39 is 0 Å². The van der Waals surface area contributed by atoms with Crippen molar-refractivity contribution in [2.45, 2.75) is 57.8 Å². The van der Waals surface area contributed by atoms with Crippen molar-refractivity contribution >= 4 is 5.82 Å². The Morgan fingerprint density at radius 1 is 1.23 bits per heavy atom. The summed E-state index contributed by atoms with van der Waals surface area (Å²) in [5.41, 5.74) is 8.62. The maximum atomic E-state index is 10.6. The number of nitrogens with two attached hydrogens (primary N) is 1. The Bertz CT molecular complexity index is 886. The zero-order valence-corrected chi connectivity index (χ0v) is 17.8. The number of hydrogen-bond donors (Lipinski definition) is 3. The van der Waals surface area contributed by atoms with Gasteiger partial charge in [-0.1, -0.05) is 38.7 Å². The summed E-state index contributed by atoms with van der Waals surface area (Å²) < 4.78 is 6.02. The van der Waals surface area contributed by atoms with Crippen LogP contribution in [0.3, 0.4) is 0 Å². The second-order valence-corrected chi connectivity index (χ2v) is 7.91. The normalized spacial score (nSPS) is 14.4. The minimum Gasteiger partial charge on any atom is -0.507 e. The van der Waals surface area contributed by atoms with Gasteiger partial charge in [0.1, 0.15) is 23.4 Å². The van der Waals surface area contributed by atoms with Gasteiger partial charge in [0.15, 0.2) is 0 Å². The summed E-state index contributed by atoms with van der Waals surface area (Å²) in [7, 11) is 0. The molecule has 1 fully saturated rings. The molecule has 0 amide bonds. The van der Waals surface area contributed by atoms with Crippen LogP contribution in [-0.4, -0.2) is 29.8 Å². The Morgan fingerprint density at radius 2 is 2.00 bits per heavy atom. The van der Waals surface area contributed by atoms with Gasteiger partial charge < -0.3 is 20.9 Å². The van der Waals surface area contributed by atoms with Crippen molar-refractivity contribution in [2.75, 3.05) is 25.4 Å². The summed E-state index contributed by atoms with van der Waals surface area (Å²) in [5.74, 6) is 1.15. The molecule has 0 radical (unpaired) electrons. The first kappa shape index (κ1) is 21.9. The number of nitriles is 1. The topological polar surface area (TPSA) is 104 Å². The van der Waals surface area contributed by atoms with E-state index in [1.807, 2.05) is 12.1 Å². The van der Waals surface area contributed by atoms with Crippen molar-refractivity contribution in [2.24, 2.45) is 0 Å². The molecule has 1 aliphatic heterocycles. The molecule has 1 aromatic heterocycles. The van der Waals surface area contributed by atoms with E-state index in [9.17, 15) is 10.4 Å². The van der Waals surface area contributed by atoms with E-state index in [1.165, 1.54) is 19.3 Å². The second-order valence-electron chi connectivity index (χ2n) is 7.91. The number of phenols is 1. The van der Waals surface area contributed by atoms with Gasteiger partial charge in [-0.15, -0.1) is 0 Å². The Morgan fingerprint density at radius 3 is 2.73 bits per heavy atom. The van der Waals surface area contributed by atoms with Crippen molar-refractivity contribution in [3.05, 3.63) is 35.4 Å². The molecule has 160 valence electrons. The Hall–Kier alpha value is -2.78. The molecule has 0 aliphatic carbocycles. The summed E-state index contributed by atoms with van der Waals surface area (Å²) in [6, 6.07) is 9.38. The first-order valence-corrected chi connectivity index (χ1v) is 11.0. The summed E-state index contributed by atoms with van der Waals surface area (Å²) in [4.78, 5) is 4.46. The fraction of sp³-hybridized carbons (Fsp3) is 0.500. The highest BCUT2D eigenvalue weighted by atomic mass is 16.5. The highest BCUT2D eigenvalue weighted by Gasteiger charge is 2.23. The van der Waals surface area contributed by atoms with Crippen LogP contribution in [0.15, 0.2) is 24.3 Å². The number of aromatic nitrogens is 1. The van der Waals surface area contributed by atoms with Gasteiger partial charge in [0.05, 0.1) is 23.4 Å². The number of ether oxygens (including phenoxy) is 1. The van der Waals surface area contributed by atoms with E-state index in [-0.39, 0.29) is 17.5 Å². The number of benzene rings is 1. The van der Waals surface area contributed by atoms with Crippen LogP contribution >= 0.6 is 0 Å². The Kier molecular flexibility index (Phi) is 7.92. The number of anilines is 1. The molecule has 6 heteroatoms. The van der Waals surface area contributed by atoms with Crippen molar-refractivity contribution in [3.63, 3.8) is 0 Å². The molecule has 0 atom stereocenters. The smallest absolute Gasteiger partial charge is 0.142 e. The van der Waals surface area contributed by atoms with Crippen LogP contribution in [-0.2, 0) is 0 Å². The maximum absolute atomic E-state index is 10.6. The summed E-state index contributed by atoms with van der Waals surface area (Å²) in [6.45, 7) is 4.61. The maximum Gasteiger partial charge on any atom is 0.142 e. The van der Waals surface area contributed by atoms with Crippen molar-refractivity contribution in [1.29, 1.82) is 5.26 Å². The van der Waals surface area contributed by atoms with Crippen LogP contribution in [0, 0.1) is 11.3 Å². The predicted molar refractivity (Wildman–Crippen MR) is 120 cm³/mol. The number of nitrogens with zero attached hydrogens (tertiary/aromatic N) is 2. The average Bonchev–Trinajstić information content (AvgIpc) is 2.76. The monoisotopic (exact) mass is 408 g/mol. The molecule has 1 aromatic carbocycles. The molecule has 1 saturated heterocycles. The highest BCUT2D eigenvalue weighted by Crippen LogP contribution is 2.40. The van der Waals surface area contributed by atoms with Gasteiger partial charge in [-0.2, -0.15) is 5.26 Å². The SMILES string of the molecule is CCCCCCCOc1cccc(O)c1-c1cc(C2CCNCC2)c(C#N)c(N)n1. The van der Waals surface area contributed by atoms with Crippen LogP contribution in [0.1, 0.15) is 68.9 Å². The van der Waals surface area contributed by atoms with Gasteiger partial charge >= 0.3 is 0 Å². The van der Waals surface area contributed by atoms with Crippen molar-refractivity contribution in [1.82, 2.24) is 10.3 Å². The molecular weight excluding hydrogens is 376 g/mol. The Balaban J connectivity index is 1.89. The van der Waals surface area contributed by atoms with Crippen molar-refractivity contribution in [3.8, 4) is 28.8 Å². The lowest BCUT2D eigenvalue weighted by molar-refractivity contribution is 0.304. The molecule has 2 aromatic rings. The fourth-order valence-corrected chi connectivity index (χ4v) is 4.08. The van der Waals surface area contributed by atoms with Gasteiger partial charge in [0, 0.05) is 0 Å². The third-order valence-electron chi connectivity index (χ3n) is 5.73. The lowest BCUT2D eigenvalue weighted by Crippen LogP contribution is -2.27. The quantitative estimate of drug-likeness (QED) is 0.518. The molecule has 1 aliphatic rings. The molecule has 3 rings (SSSR count). The molecule has 0 spiro atoms. The molecule has 2 heterocycles. The fourth-order valence-electron chi connectivity index (χ4n) is 4.08. The second kappa shape index (κ2) is 10.8. The molecule has 30 heavy (non-hydrogen) atoms. The van der Waals surface area contributed by atoms with Crippen molar-refractivity contribution < 1.29 is 9.84 Å². The number of piperidine rings is 1. The number of hydrogen-bond acceptors (Lipinski definition) is 6. The van der Waals surface area contributed by atoms with E-state index >= 15 is 0 Å². The largest absolute Gasteiger partial charge is 0.507 e. The first-order chi connectivity index (χ1) is 14.7. The summed E-state index contributed by atoms with van der Waals surface area (Å²) in [6.07, 6.45) is 7.65. The lowest BCUT2D eigenvalue weighted by atomic mass is 9.86. The number of nitrogen functional groups attached to an aromatic ring is 1. The van der Waals surface area contributed by atoms with E-state index in [0.29, 0.717) is 29.2 Å². The number of nitrogens with one attached hydrogen (secondary N) is 1. The number of pyridine rings is 1. The van der Waals surface area contributed by atoms with Gasteiger partial charge in [0.25, 0.3) is 0 Å². The zero-order valence-electron chi connectivity index (χ0n) is 17.8. The van der Waals surface area contributed by atoms with E-state index in [0.717, 1.165) is 44.3 Å². The standard InChI is InChI=1S/C24H32N4O2/c1-2-3-4-5-6-14-30-22-9-7-8-21(29)23(22)20-15-18(17-10-12-27-13-11-17)19(16-25)24(26)28-20/h7-9,15,17,27,29H,2-6,10-14H2,1H3,(H2,26,28). The average molecular weight is 409 g/mol. The minimum absolute atomic E-state index is 0.103. The van der Waals surface area contributed by atoms with Crippen LogP contribution in [0.2, 0.25) is 0 Å². The van der Waals surface area contributed by atoms with Crippen LogP contribution in [0.5, 0.6) is 11.5 Å². The van der Waals surface area contributed by atoms with Crippen LogP contribution < -0.4 is 15.8 Å². The number of phenolic OH excluding ortho intramolecular Hbond substituents is 1. The molecule has 4 N–H and O–H groups in total. The predicted octanol–water partition coefficient (Wildman–Crippen LogP) is 4.72. The molecule has 0 bridgehead atoms. The number of rotatable bonds is 9. The highest BCUT2D eigenvalue weighted by molar-refractivity contribution is 5.76. The van der Waals surface area contributed by atoms with Gasteiger partial charge in [0.2, 0.25) is 0 Å². The first-order valence-electron chi connectivity index (χ1n) is 11.0. The number of aromatic hydroxyl groups is 1. The minimum atomic E-state index is 0.103. The molecule has 6 nitrogen and oxygen atoms in total. The van der Waals surface area contributed by atoms with E-state index in [2.05, 4.69) is 23.3 Å². The number of unbranched alkanes of at least 4 members (excludes halogenated alkanes) is 4. The zero-order chi connectivity index (χ0) is 21.3. The van der Waals surface area contributed by atoms with Gasteiger partial charge in [-0.25, -0.2) is 4.98 Å². The molecule has 0 saturated carbocycles. The van der Waals surface area contributed by atoms with Gasteiger partial charge in [-0.3, -0.25) is 0 Å². The molecule has 0 unspecified atom stereocenters. The summed E-state index contributed by atoms with van der Waals surface area (Å²) >= 11 is 0. The summed E-state index contributed by atoms with van der Waals surface area (Å²) in [5, 5.41) is 23.6. The van der Waals surface area contributed by atoms with E-state index in [1.54, 1.807) is 12.1 Å². The van der Waals surface area contributed by atoms with Crippen LogP contribution in [0.4, 0.5) is 5.82 Å². The molecular formula is C24H32N4O2. The third kappa shape index (κ3) is 5.22. The van der Waals surface area contributed by atoms with Crippen LogP contribution in [0.25, 0.3) is 11.3 Å².